The van der Waals surface area contributed by atoms with Crippen LogP contribution in [0.25, 0.3) is 0 Å². The molecule has 0 bridgehead atoms. The van der Waals surface area contributed by atoms with E-state index in [-0.39, 0.29) is 12.0 Å². The summed E-state index contributed by atoms with van der Waals surface area (Å²) < 4.78 is 50.3. The van der Waals surface area contributed by atoms with E-state index in [0.717, 1.165) is 6.07 Å². The van der Waals surface area contributed by atoms with Crippen LogP contribution in [0.15, 0.2) is 36.4 Å². The van der Waals surface area contributed by atoms with E-state index in [1.165, 1.54) is 24.3 Å². The lowest BCUT2D eigenvalue weighted by Crippen LogP contribution is -2.11. The molecule has 0 aliphatic heterocycles. The van der Waals surface area contributed by atoms with E-state index in [1.807, 2.05) is 0 Å². The molecule has 0 spiro atoms. The number of pyridine rings is 1. The van der Waals surface area contributed by atoms with E-state index in [4.69, 9.17) is 11.6 Å². The Bertz CT molecular complexity index is 685. The van der Waals surface area contributed by atoms with Crippen molar-refractivity contribution in [2.75, 3.05) is 0 Å². The van der Waals surface area contributed by atoms with E-state index >= 15 is 0 Å². The van der Waals surface area contributed by atoms with E-state index in [0.29, 0.717) is 11.6 Å². The lowest BCUT2D eigenvalue weighted by molar-refractivity contribution is -0.141. The third-order valence-corrected chi connectivity index (χ3v) is 2.98. The maximum atomic E-state index is 13.0. The highest BCUT2D eigenvalue weighted by Crippen LogP contribution is 2.29. The molecule has 0 amide bonds. The van der Waals surface area contributed by atoms with Crippen molar-refractivity contribution in [3.8, 4) is 0 Å². The predicted octanol–water partition coefficient (Wildman–Crippen LogP) is 4.32. The van der Waals surface area contributed by atoms with Gasteiger partial charge in [0.2, 0.25) is 0 Å². The van der Waals surface area contributed by atoms with Gasteiger partial charge >= 0.3 is 6.18 Å². The van der Waals surface area contributed by atoms with Crippen molar-refractivity contribution in [3.05, 3.63) is 64.2 Å². The molecule has 1 aromatic heterocycles. The quantitative estimate of drug-likeness (QED) is 0.479. The molecule has 2 rings (SSSR count). The second-order valence-electron chi connectivity index (χ2n) is 4.26. The fourth-order valence-electron chi connectivity index (χ4n) is 1.73. The molecule has 7 heteroatoms. The Balaban J connectivity index is 2.24. The number of nitrogens with zero attached hydrogens (tertiary/aromatic N) is 1. The minimum absolute atomic E-state index is 0.131. The van der Waals surface area contributed by atoms with Gasteiger partial charge in [0.1, 0.15) is 16.7 Å². The Labute approximate surface area is 122 Å². The van der Waals surface area contributed by atoms with Gasteiger partial charge in [-0.25, -0.2) is 9.37 Å². The van der Waals surface area contributed by atoms with Gasteiger partial charge in [-0.15, -0.1) is 0 Å². The van der Waals surface area contributed by atoms with Gasteiger partial charge in [0.25, 0.3) is 0 Å². The first kappa shape index (κ1) is 15.4. The number of hydrogen-bond acceptors (Lipinski definition) is 2. The first-order chi connectivity index (χ1) is 9.77. The highest BCUT2D eigenvalue weighted by atomic mass is 35.5. The smallest absolute Gasteiger partial charge is 0.294 e. The number of rotatable bonds is 3. The normalized spacial score (nSPS) is 11.5. The standard InChI is InChI=1S/C14H8ClF4NO/c15-13-10(4-5-12(20-13)14(17,18)19)11(21)7-8-2-1-3-9(16)6-8/h1-6H,7H2. The third kappa shape index (κ3) is 3.78. The fourth-order valence-corrected chi connectivity index (χ4v) is 1.99. The van der Waals surface area contributed by atoms with Crippen LogP contribution in [0, 0.1) is 5.82 Å². The van der Waals surface area contributed by atoms with Gasteiger partial charge in [-0.05, 0) is 29.8 Å². The third-order valence-electron chi connectivity index (χ3n) is 2.69. The van der Waals surface area contributed by atoms with Crippen LogP contribution in [-0.2, 0) is 12.6 Å². The Kier molecular flexibility index (Phi) is 4.27. The van der Waals surface area contributed by atoms with Crippen LogP contribution in [0.3, 0.4) is 0 Å². The lowest BCUT2D eigenvalue weighted by atomic mass is 10.0. The zero-order valence-corrected chi connectivity index (χ0v) is 11.2. The van der Waals surface area contributed by atoms with Gasteiger partial charge in [-0.3, -0.25) is 4.79 Å². The van der Waals surface area contributed by atoms with Crippen molar-refractivity contribution >= 4 is 17.4 Å². The van der Waals surface area contributed by atoms with Crippen molar-refractivity contribution in [3.63, 3.8) is 0 Å². The number of hydrogen-bond donors (Lipinski definition) is 0. The highest BCUT2D eigenvalue weighted by Gasteiger charge is 2.33. The largest absolute Gasteiger partial charge is 0.433 e. The molecule has 0 N–H and O–H groups in total. The molecule has 0 unspecified atom stereocenters. The van der Waals surface area contributed by atoms with Crippen LogP contribution in [0.5, 0.6) is 0 Å². The summed E-state index contributed by atoms with van der Waals surface area (Å²) in [5.74, 6) is -1.04. The fraction of sp³-hybridized carbons (Fsp3) is 0.143. The minimum atomic E-state index is -4.63. The summed E-state index contributed by atoms with van der Waals surface area (Å²) in [5, 5.41) is -0.522. The summed E-state index contributed by atoms with van der Waals surface area (Å²) in [5.41, 5.74) is -0.903. The maximum Gasteiger partial charge on any atom is 0.433 e. The van der Waals surface area contributed by atoms with Crippen molar-refractivity contribution in [2.45, 2.75) is 12.6 Å². The van der Waals surface area contributed by atoms with Gasteiger partial charge in [0.15, 0.2) is 5.78 Å². The van der Waals surface area contributed by atoms with Crippen LogP contribution in [0.4, 0.5) is 17.6 Å². The number of carbonyl (C=O) groups excluding carboxylic acids is 1. The summed E-state index contributed by atoms with van der Waals surface area (Å²) in [6.07, 6.45) is -4.81. The lowest BCUT2D eigenvalue weighted by Gasteiger charge is -2.08. The number of alkyl halides is 3. The zero-order chi connectivity index (χ0) is 15.6. The topological polar surface area (TPSA) is 30.0 Å². The molecular formula is C14H8ClF4NO. The molecule has 0 aliphatic carbocycles. The summed E-state index contributed by atoms with van der Waals surface area (Å²) in [6.45, 7) is 0. The zero-order valence-electron chi connectivity index (χ0n) is 10.4. The van der Waals surface area contributed by atoms with Gasteiger partial charge in [0.05, 0.1) is 5.56 Å². The molecule has 0 atom stereocenters. The van der Waals surface area contributed by atoms with E-state index in [9.17, 15) is 22.4 Å². The molecule has 0 saturated heterocycles. The summed E-state index contributed by atoms with van der Waals surface area (Å²) >= 11 is 5.62. The number of halogens is 5. The second-order valence-corrected chi connectivity index (χ2v) is 4.62. The average molecular weight is 318 g/mol. The number of Topliss-reactive ketones (excluding diaryl/α,β-unsaturated/α-hetero) is 1. The highest BCUT2D eigenvalue weighted by molar-refractivity contribution is 6.32. The molecule has 0 fully saturated rings. The van der Waals surface area contributed by atoms with Gasteiger partial charge < -0.3 is 0 Å². The molecule has 110 valence electrons. The summed E-state index contributed by atoms with van der Waals surface area (Å²) in [7, 11) is 0. The molecule has 21 heavy (non-hydrogen) atoms. The average Bonchev–Trinajstić information content (AvgIpc) is 2.37. The van der Waals surface area contributed by atoms with Crippen LogP contribution >= 0.6 is 11.6 Å². The van der Waals surface area contributed by atoms with E-state index < -0.39 is 28.6 Å². The Morgan fingerprint density at radius 3 is 2.48 bits per heavy atom. The number of carbonyl (C=O) groups is 1. The van der Waals surface area contributed by atoms with Gasteiger partial charge in [-0.1, -0.05) is 23.7 Å². The molecule has 1 heterocycles. The summed E-state index contributed by atoms with van der Waals surface area (Å²) in [4.78, 5) is 15.1. The first-order valence-corrected chi connectivity index (χ1v) is 6.16. The van der Waals surface area contributed by atoms with Crippen LogP contribution in [-0.4, -0.2) is 10.8 Å². The van der Waals surface area contributed by atoms with Crippen molar-refractivity contribution in [2.24, 2.45) is 0 Å². The Morgan fingerprint density at radius 1 is 1.19 bits per heavy atom. The maximum absolute atomic E-state index is 13.0. The monoisotopic (exact) mass is 317 g/mol. The van der Waals surface area contributed by atoms with E-state index in [1.54, 1.807) is 0 Å². The molecule has 0 aliphatic rings. The molecule has 0 radical (unpaired) electrons. The molecule has 0 saturated carbocycles. The minimum Gasteiger partial charge on any atom is -0.294 e. The molecule has 2 aromatic rings. The molecule has 2 nitrogen and oxygen atoms in total. The van der Waals surface area contributed by atoms with E-state index in [2.05, 4.69) is 4.98 Å². The summed E-state index contributed by atoms with van der Waals surface area (Å²) in [6, 6.07) is 7.02. The van der Waals surface area contributed by atoms with Crippen molar-refractivity contribution in [1.29, 1.82) is 0 Å². The van der Waals surface area contributed by atoms with Crippen LogP contribution in [0.1, 0.15) is 21.6 Å². The number of aromatic nitrogens is 1. The Hall–Kier alpha value is -1.95. The molecule has 1 aromatic carbocycles. The Morgan fingerprint density at radius 2 is 1.90 bits per heavy atom. The molecular weight excluding hydrogens is 310 g/mol. The second kappa shape index (κ2) is 5.81. The van der Waals surface area contributed by atoms with Crippen LogP contribution < -0.4 is 0 Å². The van der Waals surface area contributed by atoms with Crippen LogP contribution in [0.2, 0.25) is 5.15 Å². The van der Waals surface area contributed by atoms with Gasteiger partial charge in [-0.2, -0.15) is 13.2 Å². The SMILES string of the molecule is O=C(Cc1cccc(F)c1)c1ccc(C(F)(F)F)nc1Cl. The van der Waals surface area contributed by atoms with Gasteiger partial charge in [0, 0.05) is 6.42 Å². The predicted molar refractivity (Wildman–Crippen MR) is 68.7 cm³/mol. The first-order valence-electron chi connectivity index (χ1n) is 5.79. The number of ketones is 1. The number of benzene rings is 1. The van der Waals surface area contributed by atoms with Crippen molar-refractivity contribution in [1.82, 2.24) is 4.98 Å². The van der Waals surface area contributed by atoms with Crippen molar-refractivity contribution < 1.29 is 22.4 Å².